The van der Waals surface area contributed by atoms with Crippen molar-refractivity contribution in [2.24, 2.45) is 0 Å². The summed E-state index contributed by atoms with van der Waals surface area (Å²) in [6.07, 6.45) is 1.02. The van der Waals surface area contributed by atoms with E-state index in [-0.39, 0.29) is 0 Å². The van der Waals surface area contributed by atoms with Gasteiger partial charge in [-0.1, -0.05) is 48.0 Å². The second kappa shape index (κ2) is 5.74. The van der Waals surface area contributed by atoms with E-state index in [0.717, 1.165) is 29.2 Å². The molecule has 2 heteroatoms. The molecule has 0 bridgehead atoms. The van der Waals surface area contributed by atoms with Crippen LogP contribution in [0.2, 0.25) is 5.02 Å². The van der Waals surface area contributed by atoms with Crippen LogP contribution in [0.1, 0.15) is 11.1 Å². The Morgan fingerprint density at radius 2 is 1.76 bits per heavy atom. The SMILES string of the molecule is Cc1c(Cl)cccc1NCCc1ccccc1. The molecule has 0 aliphatic carbocycles. The Morgan fingerprint density at radius 1 is 1.00 bits per heavy atom. The summed E-state index contributed by atoms with van der Waals surface area (Å²) < 4.78 is 0. The minimum atomic E-state index is 0.815. The summed E-state index contributed by atoms with van der Waals surface area (Å²) in [6, 6.07) is 16.4. The molecule has 0 saturated heterocycles. The molecule has 2 aromatic rings. The van der Waals surface area contributed by atoms with Gasteiger partial charge >= 0.3 is 0 Å². The van der Waals surface area contributed by atoms with Gasteiger partial charge in [-0.2, -0.15) is 0 Å². The summed E-state index contributed by atoms with van der Waals surface area (Å²) in [4.78, 5) is 0. The monoisotopic (exact) mass is 245 g/mol. The number of benzene rings is 2. The summed E-state index contributed by atoms with van der Waals surface area (Å²) in [5.41, 5.74) is 3.58. The first kappa shape index (κ1) is 12.0. The van der Waals surface area contributed by atoms with E-state index >= 15 is 0 Å². The van der Waals surface area contributed by atoms with Gasteiger partial charge in [0.25, 0.3) is 0 Å². The zero-order chi connectivity index (χ0) is 12.1. The molecular formula is C15H16ClN. The maximum Gasteiger partial charge on any atom is 0.0455 e. The van der Waals surface area contributed by atoms with Gasteiger partial charge < -0.3 is 5.32 Å². The van der Waals surface area contributed by atoms with Crippen LogP contribution < -0.4 is 5.32 Å². The van der Waals surface area contributed by atoms with Crippen LogP contribution in [0.3, 0.4) is 0 Å². The number of nitrogens with one attached hydrogen (secondary N) is 1. The Bertz CT molecular complexity index is 480. The molecule has 0 heterocycles. The minimum absolute atomic E-state index is 0.815. The molecule has 17 heavy (non-hydrogen) atoms. The summed E-state index contributed by atoms with van der Waals surface area (Å²) >= 11 is 6.07. The molecule has 0 radical (unpaired) electrons. The molecule has 0 saturated carbocycles. The maximum absolute atomic E-state index is 6.07. The fraction of sp³-hybridized carbons (Fsp3) is 0.200. The molecule has 0 aromatic heterocycles. The molecule has 0 aliphatic heterocycles. The highest BCUT2D eigenvalue weighted by molar-refractivity contribution is 6.31. The van der Waals surface area contributed by atoms with Gasteiger partial charge in [0.2, 0.25) is 0 Å². The van der Waals surface area contributed by atoms with Crippen LogP contribution in [0.25, 0.3) is 0 Å². The predicted octanol–water partition coefficient (Wildman–Crippen LogP) is 4.30. The van der Waals surface area contributed by atoms with Crippen LogP contribution in [-0.2, 0) is 6.42 Å². The van der Waals surface area contributed by atoms with Crippen molar-refractivity contribution in [3.63, 3.8) is 0 Å². The van der Waals surface area contributed by atoms with Gasteiger partial charge in [-0.25, -0.2) is 0 Å². The lowest BCUT2D eigenvalue weighted by Gasteiger charge is -2.10. The number of rotatable bonds is 4. The summed E-state index contributed by atoms with van der Waals surface area (Å²) in [5, 5.41) is 4.23. The van der Waals surface area contributed by atoms with Crippen molar-refractivity contribution in [2.45, 2.75) is 13.3 Å². The zero-order valence-corrected chi connectivity index (χ0v) is 10.7. The van der Waals surface area contributed by atoms with Crippen molar-refractivity contribution in [1.82, 2.24) is 0 Å². The Kier molecular flexibility index (Phi) is 4.05. The molecule has 1 N–H and O–H groups in total. The number of hydrogen-bond donors (Lipinski definition) is 1. The quantitative estimate of drug-likeness (QED) is 0.847. The van der Waals surface area contributed by atoms with Crippen LogP contribution in [0.5, 0.6) is 0 Å². The smallest absolute Gasteiger partial charge is 0.0455 e. The fourth-order valence-electron chi connectivity index (χ4n) is 1.79. The van der Waals surface area contributed by atoms with Crippen LogP contribution >= 0.6 is 11.6 Å². The van der Waals surface area contributed by atoms with Gasteiger partial charge in [-0.3, -0.25) is 0 Å². The minimum Gasteiger partial charge on any atom is -0.384 e. The van der Waals surface area contributed by atoms with Crippen LogP contribution in [0, 0.1) is 6.92 Å². The second-order valence-corrected chi connectivity index (χ2v) is 4.48. The third-order valence-corrected chi connectivity index (χ3v) is 3.25. The number of hydrogen-bond acceptors (Lipinski definition) is 1. The topological polar surface area (TPSA) is 12.0 Å². The average Bonchev–Trinajstić information content (AvgIpc) is 2.36. The molecule has 0 atom stereocenters. The Balaban J connectivity index is 1.93. The van der Waals surface area contributed by atoms with E-state index in [0.29, 0.717) is 0 Å². The van der Waals surface area contributed by atoms with Gasteiger partial charge in [0, 0.05) is 17.3 Å². The molecular weight excluding hydrogens is 230 g/mol. The molecule has 0 amide bonds. The summed E-state index contributed by atoms with van der Waals surface area (Å²) in [5.74, 6) is 0. The van der Waals surface area contributed by atoms with E-state index in [1.807, 2.05) is 25.1 Å². The van der Waals surface area contributed by atoms with E-state index < -0.39 is 0 Å². The van der Waals surface area contributed by atoms with Crippen molar-refractivity contribution in [1.29, 1.82) is 0 Å². The largest absolute Gasteiger partial charge is 0.384 e. The lowest BCUT2D eigenvalue weighted by Crippen LogP contribution is -2.05. The van der Waals surface area contributed by atoms with Crippen molar-refractivity contribution >= 4 is 17.3 Å². The maximum atomic E-state index is 6.07. The Hall–Kier alpha value is -1.47. The standard InChI is InChI=1S/C15H16ClN/c1-12-14(16)8-5-9-15(12)17-11-10-13-6-3-2-4-7-13/h2-9,17H,10-11H2,1H3. The molecule has 0 spiro atoms. The number of halogens is 1. The highest BCUT2D eigenvalue weighted by atomic mass is 35.5. The fourth-order valence-corrected chi connectivity index (χ4v) is 1.96. The Morgan fingerprint density at radius 3 is 2.53 bits per heavy atom. The highest BCUT2D eigenvalue weighted by Crippen LogP contribution is 2.22. The zero-order valence-electron chi connectivity index (χ0n) is 9.91. The van der Waals surface area contributed by atoms with Crippen molar-refractivity contribution < 1.29 is 0 Å². The predicted molar refractivity (Wildman–Crippen MR) is 74.8 cm³/mol. The summed E-state index contributed by atoms with van der Waals surface area (Å²) in [7, 11) is 0. The lowest BCUT2D eigenvalue weighted by molar-refractivity contribution is 1.02. The van der Waals surface area contributed by atoms with Gasteiger partial charge in [0.05, 0.1) is 0 Å². The number of anilines is 1. The van der Waals surface area contributed by atoms with Crippen molar-refractivity contribution in [3.05, 3.63) is 64.7 Å². The molecule has 2 rings (SSSR count). The van der Waals surface area contributed by atoms with Crippen LogP contribution in [0.15, 0.2) is 48.5 Å². The van der Waals surface area contributed by atoms with Crippen LogP contribution in [-0.4, -0.2) is 6.54 Å². The molecule has 1 nitrogen and oxygen atoms in total. The van der Waals surface area contributed by atoms with Crippen molar-refractivity contribution in [2.75, 3.05) is 11.9 Å². The molecule has 0 fully saturated rings. The van der Waals surface area contributed by atoms with E-state index in [2.05, 4.69) is 35.6 Å². The molecule has 2 aromatic carbocycles. The van der Waals surface area contributed by atoms with Crippen molar-refractivity contribution in [3.8, 4) is 0 Å². The van der Waals surface area contributed by atoms with E-state index in [1.54, 1.807) is 0 Å². The molecule has 0 aliphatic rings. The van der Waals surface area contributed by atoms with Gasteiger partial charge in [0.15, 0.2) is 0 Å². The van der Waals surface area contributed by atoms with E-state index in [4.69, 9.17) is 11.6 Å². The lowest BCUT2D eigenvalue weighted by atomic mass is 10.1. The second-order valence-electron chi connectivity index (χ2n) is 4.07. The first-order valence-electron chi connectivity index (χ1n) is 5.80. The Labute approximate surface area is 107 Å². The third kappa shape index (κ3) is 3.24. The molecule has 88 valence electrons. The van der Waals surface area contributed by atoms with Crippen LogP contribution in [0.4, 0.5) is 5.69 Å². The molecule has 0 unspecified atom stereocenters. The van der Waals surface area contributed by atoms with Gasteiger partial charge in [0.1, 0.15) is 0 Å². The van der Waals surface area contributed by atoms with Gasteiger partial charge in [-0.15, -0.1) is 0 Å². The first-order valence-corrected chi connectivity index (χ1v) is 6.18. The first-order chi connectivity index (χ1) is 8.27. The highest BCUT2D eigenvalue weighted by Gasteiger charge is 2.00. The normalized spacial score (nSPS) is 10.2. The summed E-state index contributed by atoms with van der Waals surface area (Å²) in [6.45, 7) is 2.96. The van der Waals surface area contributed by atoms with E-state index in [1.165, 1.54) is 5.56 Å². The third-order valence-electron chi connectivity index (χ3n) is 2.84. The van der Waals surface area contributed by atoms with E-state index in [9.17, 15) is 0 Å². The van der Waals surface area contributed by atoms with Gasteiger partial charge in [-0.05, 0) is 36.6 Å². The average molecular weight is 246 g/mol.